The molecule has 0 aromatic carbocycles. The molecule has 0 aliphatic rings. The van der Waals surface area contributed by atoms with Gasteiger partial charge in [-0.15, -0.1) is 0 Å². The second-order valence-corrected chi connectivity index (χ2v) is 2.45. The quantitative estimate of drug-likeness (QED) is 0.757. The third kappa shape index (κ3) is 4.30. The van der Waals surface area contributed by atoms with Crippen molar-refractivity contribution in [2.75, 3.05) is 0 Å². The van der Waals surface area contributed by atoms with Gasteiger partial charge in [0.05, 0.1) is 6.26 Å². The van der Waals surface area contributed by atoms with Gasteiger partial charge < -0.3 is 14.6 Å². The van der Waals surface area contributed by atoms with Gasteiger partial charge in [0.1, 0.15) is 0 Å². The van der Waals surface area contributed by atoms with Crippen molar-refractivity contribution < 1.29 is 24.2 Å². The second kappa shape index (κ2) is 5.80. The molecule has 0 fully saturated rings. The van der Waals surface area contributed by atoms with Crippen molar-refractivity contribution in [1.29, 1.82) is 0 Å². The van der Waals surface area contributed by atoms with Crippen LogP contribution in [0.2, 0.25) is 0 Å². The molecule has 78 valence electrons. The van der Waals surface area contributed by atoms with Crippen LogP contribution in [0.1, 0.15) is 30.0 Å². The van der Waals surface area contributed by atoms with Gasteiger partial charge in [-0.05, 0) is 12.5 Å². The van der Waals surface area contributed by atoms with Gasteiger partial charge in [0, 0.05) is 12.5 Å². The van der Waals surface area contributed by atoms with Crippen LogP contribution in [-0.4, -0.2) is 22.2 Å². The highest BCUT2D eigenvalue weighted by Crippen LogP contribution is 2.10. The first kappa shape index (κ1) is 12.2. The Kier molecular flexibility index (Phi) is 5.06. The molecule has 1 heterocycles. The highest BCUT2D eigenvalue weighted by Gasteiger charge is 2.10. The van der Waals surface area contributed by atoms with Crippen molar-refractivity contribution in [3.8, 4) is 0 Å². The fraction of sp³-hybridized carbons (Fsp3) is 0.333. The first-order valence-corrected chi connectivity index (χ1v) is 3.98. The summed E-state index contributed by atoms with van der Waals surface area (Å²) in [6, 6.07) is 1.67. The van der Waals surface area contributed by atoms with Gasteiger partial charge in [0.2, 0.25) is 5.76 Å². The number of aliphatic carboxylic acids is 1. The summed E-state index contributed by atoms with van der Waals surface area (Å²) in [6.07, 6.45) is 2.08. The zero-order valence-corrected chi connectivity index (χ0v) is 7.98. The highest BCUT2D eigenvalue weighted by atomic mass is 16.4. The van der Waals surface area contributed by atoms with E-state index in [1.165, 1.54) is 6.26 Å². The summed E-state index contributed by atoms with van der Waals surface area (Å²) in [7, 11) is 0. The molecule has 0 atom stereocenters. The van der Waals surface area contributed by atoms with Crippen molar-refractivity contribution in [2.45, 2.75) is 20.3 Å². The first-order valence-electron chi connectivity index (χ1n) is 3.98. The van der Waals surface area contributed by atoms with Crippen LogP contribution in [0.25, 0.3) is 0 Å². The maximum absolute atomic E-state index is 10.3. The zero-order chi connectivity index (χ0) is 11.1. The third-order valence-corrected chi connectivity index (χ3v) is 1.32. The van der Waals surface area contributed by atoms with Crippen LogP contribution in [0.4, 0.5) is 0 Å². The lowest BCUT2D eigenvalue weighted by atomic mass is 10.2. The van der Waals surface area contributed by atoms with Crippen molar-refractivity contribution in [2.24, 2.45) is 0 Å². The van der Waals surface area contributed by atoms with Crippen LogP contribution in [0, 0.1) is 0 Å². The molecule has 0 saturated heterocycles. The molecular weight excluding hydrogens is 188 g/mol. The van der Waals surface area contributed by atoms with Crippen LogP contribution in [0.15, 0.2) is 16.7 Å². The molecule has 1 aromatic heterocycles. The van der Waals surface area contributed by atoms with Gasteiger partial charge in [-0.3, -0.25) is 4.79 Å². The Bertz CT molecular complexity index is 309. The van der Waals surface area contributed by atoms with E-state index in [2.05, 4.69) is 0 Å². The molecule has 0 radical (unpaired) electrons. The first-order chi connectivity index (χ1) is 6.49. The number of aryl methyl sites for hydroxylation is 1. The van der Waals surface area contributed by atoms with Crippen LogP contribution < -0.4 is 0 Å². The number of rotatable bonds is 2. The molecule has 0 bridgehead atoms. The van der Waals surface area contributed by atoms with Gasteiger partial charge in [0.15, 0.2) is 0 Å². The number of aromatic carboxylic acids is 1. The summed E-state index contributed by atoms with van der Waals surface area (Å²) >= 11 is 0. The van der Waals surface area contributed by atoms with Crippen LogP contribution in [-0.2, 0) is 11.2 Å². The molecule has 1 rings (SSSR count). The number of carbonyl (C=O) groups is 2. The van der Waals surface area contributed by atoms with E-state index in [0.717, 1.165) is 12.5 Å². The van der Waals surface area contributed by atoms with E-state index >= 15 is 0 Å². The number of carboxylic acid groups (broad SMARTS) is 2. The maximum atomic E-state index is 10.3. The van der Waals surface area contributed by atoms with Gasteiger partial charge in [0.25, 0.3) is 5.97 Å². The summed E-state index contributed by atoms with van der Waals surface area (Å²) in [5.74, 6) is -1.77. The minimum Gasteiger partial charge on any atom is -0.481 e. The van der Waals surface area contributed by atoms with E-state index in [4.69, 9.17) is 19.4 Å². The standard InChI is InChI=1S/C7H8O3.C2H4O2/c1-2-5-3-4-10-6(5)7(8)9;1-2(3)4/h3-4H,2H2,1H3,(H,8,9);1H3,(H,3,4). The lowest BCUT2D eigenvalue weighted by Crippen LogP contribution is -1.97. The van der Waals surface area contributed by atoms with Crippen molar-refractivity contribution >= 4 is 11.9 Å². The number of carboxylic acids is 2. The largest absolute Gasteiger partial charge is 0.481 e. The summed E-state index contributed by atoms with van der Waals surface area (Å²) < 4.78 is 4.72. The minimum absolute atomic E-state index is 0.0579. The Balaban J connectivity index is 0.000000364. The average molecular weight is 200 g/mol. The monoisotopic (exact) mass is 200 g/mol. The van der Waals surface area contributed by atoms with E-state index < -0.39 is 11.9 Å². The summed E-state index contributed by atoms with van der Waals surface area (Å²) in [5, 5.41) is 15.9. The second-order valence-electron chi connectivity index (χ2n) is 2.45. The van der Waals surface area contributed by atoms with Crippen LogP contribution in [0.5, 0.6) is 0 Å². The average Bonchev–Trinajstić information content (AvgIpc) is 2.49. The van der Waals surface area contributed by atoms with E-state index in [1.54, 1.807) is 6.07 Å². The molecule has 0 unspecified atom stereocenters. The predicted octanol–water partition coefficient (Wildman–Crippen LogP) is 1.63. The summed E-state index contributed by atoms with van der Waals surface area (Å²) in [5.41, 5.74) is 0.743. The summed E-state index contributed by atoms with van der Waals surface area (Å²) in [6.45, 7) is 2.97. The molecule has 2 N–H and O–H groups in total. The van der Waals surface area contributed by atoms with Crippen molar-refractivity contribution in [3.63, 3.8) is 0 Å². The smallest absolute Gasteiger partial charge is 0.372 e. The molecule has 0 spiro atoms. The molecule has 0 saturated carbocycles. The molecule has 0 amide bonds. The van der Waals surface area contributed by atoms with Gasteiger partial charge in [-0.2, -0.15) is 0 Å². The van der Waals surface area contributed by atoms with Crippen LogP contribution >= 0.6 is 0 Å². The van der Waals surface area contributed by atoms with E-state index in [-0.39, 0.29) is 5.76 Å². The van der Waals surface area contributed by atoms with E-state index in [0.29, 0.717) is 6.42 Å². The van der Waals surface area contributed by atoms with E-state index in [1.807, 2.05) is 6.92 Å². The molecule has 0 aliphatic carbocycles. The lowest BCUT2D eigenvalue weighted by molar-refractivity contribution is -0.134. The predicted molar refractivity (Wildman–Crippen MR) is 48.4 cm³/mol. The Morgan fingerprint density at radius 3 is 2.21 bits per heavy atom. The normalized spacial score (nSPS) is 8.71. The molecule has 0 aliphatic heterocycles. The van der Waals surface area contributed by atoms with Crippen molar-refractivity contribution in [3.05, 3.63) is 23.7 Å². The fourth-order valence-electron chi connectivity index (χ4n) is 0.802. The van der Waals surface area contributed by atoms with E-state index in [9.17, 15) is 4.79 Å². The number of furan rings is 1. The lowest BCUT2D eigenvalue weighted by Gasteiger charge is -1.89. The fourth-order valence-corrected chi connectivity index (χ4v) is 0.802. The molecule has 5 heteroatoms. The Morgan fingerprint density at radius 2 is 1.93 bits per heavy atom. The highest BCUT2D eigenvalue weighted by molar-refractivity contribution is 5.86. The topological polar surface area (TPSA) is 87.7 Å². The van der Waals surface area contributed by atoms with Gasteiger partial charge in [-0.25, -0.2) is 4.79 Å². The molecule has 5 nitrogen and oxygen atoms in total. The van der Waals surface area contributed by atoms with Gasteiger partial charge in [-0.1, -0.05) is 6.92 Å². The Morgan fingerprint density at radius 1 is 1.43 bits per heavy atom. The SMILES string of the molecule is CC(=O)O.CCc1ccoc1C(=O)O. The third-order valence-electron chi connectivity index (χ3n) is 1.32. The number of hydrogen-bond acceptors (Lipinski definition) is 3. The van der Waals surface area contributed by atoms with Gasteiger partial charge >= 0.3 is 5.97 Å². The molecule has 14 heavy (non-hydrogen) atoms. The Hall–Kier alpha value is -1.78. The molecular formula is C9H12O5. The van der Waals surface area contributed by atoms with Crippen LogP contribution in [0.3, 0.4) is 0 Å². The van der Waals surface area contributed by atoms with Crippen molar-refractivity contribution in [1.82, 2.24) is 0 Å². The minimum atomic E-state index is -0.998. The summed E-state index contributed by atoms with van der Waals surface area (Å²) in [4.78, 5) is 19.3. The zero-order valence-electron chi connectivity index (χ0n) is 7.98. The number of hydrogen-bond donors (Lipinski definition) is 2. The Labute approximate surface area is 81.0 Å². The molecule has 1 aromatic rings. The maximum Gasteiger partial charge on any atom is 0.372 e.